The fraction of sp³-hybridized carbons (Fsp3) is 0.133. The van der Waals surface area contributed by atoms with Crippen molar-refractivity contribution in [2.45, 2.75) is 18.4 Å². The Morgan fingerprint density at radius 2 is 1.74 bits per heavy atom. The molecule has 118 valence electrons. The zero-order chi connectivity index (χ0) is 16.3. The lowest BCUT2D eigenvalue weighted by atomic mass is 10.2. The molecule has 23 heavy (non-hydrogen) atoms. The molecule has 0 aliphatic carbocycles. The van der Waals surface area contributed by atoms with Gasteiger partial charge in [-0.1, -0.05) is 30.3 Å². The summed E-state index contributed by atoms with van der Waals surface area (Å²) in [6.07, 6.45) is 4.33. The Labute approximate surface area is 138 Å². The van der Waals surface area contributed by atoms with E-state index >= 15 is 0 Å². The summed E-state index contributed by atoms with van der Waals surface area (Å²) in [5, 5.41) is 0.716. The molecule has 6 nitrogen and oxygen atoms in total. The first-order valence-corrected chi connectivity index (χ1v) is 9.13. The van der Waals surface area contributed by atoms with E-state index in [1.807, 2.05) is 37.3 Å². The summed E-state index contributed by atoms with van der Waals surface area (Å²) < 4.78 is 27.0. The van der Waals surface area contributed by atoms with E-state index in [9.17, 15) is 8.42 Å². The second-order valence-corrected chi connectivity index (χ2v) is 7.88. The van der Waals surface area contributed by atoms with Crippen molar-refractivity contribution in [2.24, 2.45) is 0 Å². The number of aromatic nitrogens is 3. The number of nitrogens with one attached hydrogen (secondary N) is 1. The van der Waals surface area contributed by atoms with Crippen molar-refractivity contribution in [2.75, 3.05) is 0 Å². The minimum atomic E-state index is -3.66. The largest absolute Gasteiger partial charge is 0.248 e. The molecule has 8 heteroatoms. The van der Waals surface area contributed by atoms with Gasteiger partial charge in [0.1, 0.15) is 9.90 Å². The number of hydrogen-bond acceptors (Lipinski definition) is 6. The van der Waals surface area contributed by atoms with Crippen molar-refractivity contribution >= 4 is 21.4 Å². The summed E-state index contributed by atoms with van der Waals surface area (Å²) in [6, 6.07) is 9.38. The third kappa shape index (κ3) is 3.79. The van der Waals surface area contributed by atoms with E-state index in [4.69, 9.17) is 0 Å². The van der Waals surface area contributed by atoms with Crippen LogP contribution in [0.1, 0.15) is 9.88 Å². The van der Waals surface area contributed by atoms with Crippen LogP contribution < -0.4 is 4.72 Å². The van der Waals surface area contributed by atoms with Crippen LogP contribution >= 0.6 is 11.3 Å². The minimum Gasteiger partial charge on any atom is -0.248 e. The van der Waals surface area contributed by atoms with Crippen LogP contribution in [0, 0.1) is 6.92 Å². The number of benzene rings is 1. The number of rotatable bonds is 5. The van der Waals surface area contributed by atoms with E-state index in [1.165, 1.54) is 23.7 Å². The molecule has 2 heterocycles. The first-order valence-electron chi connectivity index (χ1n) is 6.83. The van der Waals surface area contributed by atoms with Gasteiger partial charge in [-0.25, -0.2) is 28.1 Å². The Kier molecular flexibility index (Phi) is 4.46. The standard InChI is InChI=1S/C15H14N4O2S2/c1-11-7-16-14(22-11)10-19-23(20,21)13-8-17-15(18-9-13)12-5-3-2-4-6-12/h2-9,19H,10H2,1H3. The molecular weight excluding hydrogens is 332 g/mol. The molecule has 0 bridgehead atoms. The fourth-order valence-electron chi connectivity index (χ4n) is 1.91. The van der Waals surface area contributed by atoms with Gasteiger partial charge >= 0.3 is 0 Å². The molecule has 0 aliphatic heterocycles. The Balaban J connectivity index is 1.75. The van der Waals surface area contributed by atoms with Crippen LogP contribution in [-0.4, -0.2) is 23.4 Å². The average Bonchev–Trinajstić information content (AvgIpc) is 3.00. The van der Waals surface area contributed by atoms with Gasteiger partial charge in [-0.3, -0.25) is 0 Å². The van der Waals surface area contributed by atoms with Crippen LogP contribution in [-0.2, 0) is 16.6 Å². The lowest BCUT2D eigenvalue weighted by Gasteiger charge is -2.05. The molecule has 0 fully saturated rings. The van der Waals surface area contributed by atoms with Crippen LogP contribution in [0.3, 0.4) is 0 Å². The molecule has 0 unspecified atom stereocenters. The van der Waals surface area contributed by atoms with E-state index in [0.717, 1.165) is 10.4 Å². The first kappa shape index (κ1) is 15.7. The second-order valence-electron chi connectivity index (χ2n) is 4.80. The van der Waals surface area contributed by atoms with Crippen molar-refractivity contribution in [3.63, 3.8) is 0 Å². The van der Waals surface area contributed by atoms with Gasteiger partial charge in [-0.2, -0.15) is 0 Å². The predicted octanol–water partition coefficient (Wildman–Crippen LogP) is 2.39. The number of sulfonamides is 1. The molecule has 2 aromatic heterocycles. The Morgan fingerprint density at radius 1 is 1.04 bits per heavy atom. The SMILES string of the molecule is Cc1cnc(CNS(=O)(=O)c2cnc(-c3ccccc3)nc2)s1. The highest BCUT2D eigenvalue weighted by Crippen LogP contribution is 2.16. The average molecular weight is 346 g/mol. The van der Waals surface area contributed by atoms with Crippen molar-refractivity contribution in [3.8, 4) is 11.4 Å². The van der Waals surface area contributed by atoms with Crippen LogP contribution in [0.25, 0.3) is 11.4 Å². The minimum absolute atomic E-state index is 0.0328. The highest BCUT2D eigenvalue weighted by Gasteiger charge is 2.16. The van der Waals surface area contributed by atoms with Gasteiger partial charge in [0.15, 0.2) is 5.82 Å². The van der Waals surface area contributed by atoms with E-state index in [0.29, 0.717) is 10.8 Å². The van der Waals surface area contributed by atoms with Crippen molar-refractivity contribution < 1.29 is 8.42 Å². The zero-order valence-electron chi connectivity index (χ0n) is 12.3. The topological polar surface area (TPSA) is 84.8 Å². The third-order valence-electron chi connectivity index (χ3n) is 3.05. The lowest BCUT2D eigenvalue weighted by Crippen LogP contribution is -2.23. The first-order chi connectivity index (χ1) is 11.0. The molecule has 1 aromatic carbocycles. The highest BCUT2D eigenvalue weighted by atomic mass is 32.2. The molecule has 0 atom stereocenters. The summed E-state index contributed by atoms with van der Waals surface area (Å²) in [4.78, 5) is 13.5. The van der Waals surface area contributed by atoms with Gasteiger partial charge in [-0.05, 0) is 6.92 Å². The number of hydrogen-bond donors (Lipinski definition) is 1. The molecule has 0 amide bonds. The van der Waals surface area contributed by atoms with Gasteiger partial charge in [0, 0.05) is 16.6 Å². The molecule has 3 aromatic rings. The number of aryl methyl sites for hydroxylation is 1. The normalized spacial score (nSPS) is 11.5. The van der Waals surface area contributed by atoms with Gasteiger partial charge in [0.25, 0.3) is 0 Å². The Bertz CT molecular complexity index is 891. The predicted molar refractivity (Wildman–Crippen MR) is 88.3 cm³/mol. The fourth-order valence-corrected chi connectivity index (χ4v) is 3.61. The quantitative estimate of drug-likeness (QED) is 0.767. The smallest absolute Gasteiger partial charge is 0.244 e. The summed E-state index contributed by atoms with van der Waals surface area (Å²) in [6.45, 7) is 2.08. The maximum atomic E-state index is 12.2. The highest BCUT2D eigenvalue weighted by molar-refractivity contribution is 7.89. The second kappa shape index (κ2) is 6.53. The molecule has 1 N–H and O–H groups in total. The Morgan fingerprint density at radius 3 is 2.35 bits per heavy atom. The van der Waals surface area contributed by atoms with Crippen LogP contribution in [0.2, 0.25) is 0 Å². The van der Waals surface area contributed by atoms with E-state index in [2.05, 4.69) is 19.7 Å². The van der Waals surface area contributed by atoms with Crippen LogP contribution in [0.5, 0.6) is 0 Å². The molecule has 0 saturated carbocycles. The van der Waals surface area contributed by atoms with E-state index < -0.39 is 10.0 Å². The number of nitrogens with zero attached hydrogens (tertiary/aromatic N) is 3. The summed E-state index contributed by atoms with van der Waals surface area (Å²) in [5.41, 5.74) is 0.836. The zero-order valence-corrected chi connectivity index (χ0v) is 13.9. The van der Waals surface area contributed by atoms with Crippen molar-refractivity contribution in [1.29, 1.82) is 0 Å². The molecular formula is C15H14N4O2S2. The van der Waals surface area contributed by atoms with E-state index in [-0.39, 0.29) is 11.4 Å². The van der Waals surface area contributed by atoms with Gasteiger partial charge in [0.05, 0.1) is 18.9 Å². The van der Waals surface area contributed by atoms with Gasteiger partial charge < -0.3 is 0 Å². The number of thiazole rings is 1. The lowest BCUT2D eigenvalue weighted by molar-refractivity contribution is 0.580. The van der Waals surface area contributed by atoms with Crippen LogP contribution in [0.4, 0.5) is 0 Å². The maximum Gasteiger partial charge on any atom is 0.244 e. The van der Waals surface area contributed by atoms with Crippen LogP contribution in [0.15, 0.2) is 53.8 Å². The summed E-state index contributed by atoms with van der Waals surface area (Å²) in [5.74, 6) is 0.486. The third-order valence-corrected chi connectivity index (χ3v) is 5.32. The molecule has 0 spiro atoms. The molecule has 0 radical (unpaired) electrons. The van der Waals surface area contributed by atoms with Gasteiger partial charge in [-0.15, -0.1) is 11.3 Å². The molecule has 3 rings (SSSR count). The van der Waals surface area contributed by atoms with Gasteiger partial charge in [0.2, 0.25) is 10.0 Å². The monoisotopic (exact) mass is 346 g/mol. The molecule has 0 saturated heterocycles. The summed E-state index contributed by atoms with van der Waals surface area (Å²) in [7, 11) is -3.66. The maximum absolute atomic E-state index is 12.2. The Hall–Kier alpha value is -2.16. The van der Waals surface area contributed by atoms with Crippen molar-refractivity contribution in [3.05, 3.63) is 58.8 Å². The van der Waals surface area contributed by atoms with E-state index in [1.54, 1.807) is 6.20 Å². The van der Waals surface area contributed by atoms with Crippen molar-refractivity contribution in [1.82, 2.24) is 19.7 Å². The summed E-state index contributed by atoms with van der Waals surface area (Å²) >= 11 is 1.45. The molecule has 0 aliphatic rings.